The van der Waals surface area contributed by atoms with Gasteiger partial charge in [-0.1, -0.05) is 42.5 Å². The van der Waals surface area contributed by atoms with Crippen LogP contribution in [0.2, 0.25) is 0 Å². The molecule has 160 valence electrons. The predicted molar refractivity (Wildman–Crippen MR) is 131 cm³/mol. The second-order valence-corrected chi connectivity index (χ2v) is 8.26. The van der Waals surface area contributed by atoms with Crippen molar-refractivity contribution in [3.63, 3.8) is 0 Å². The van der Waals surface area contributed by atoms with E-state index in [0.29, 0.717) is 12.2 Å². The number of hydrogen-bond acceptors (Lipinski definition) is 3. The summed E-state index contributed by atoms with van der Waals surface area (Å²) in [4.78, 5) is 18.2. The van der Waals surface area contributed by atoms with Crippen LogP contribution < -0.4 is 10.1 Å². The van der Waals surface area contributed by atoms with Crippen molar-refractivity contribution in [1.29, 1.82) is 0 Å². The van der Waals surface area contributed by atoms with Crippen molar-refractivity contribution >= 4 is 34.1 Å². The van der Waals surface area contributed by atoms with Gasteiger partial charge in [0.2, 0.25) is 0 Å². The van der Waals surface area contributed by atoms with Crippen molar-refractivity contribution in [2.24, 2.45) is 0 Å². The van der Waals surface area contributed by atoms with Gasteiger partial charge in [-0.3, -0.25) is 4.79 Å². The number of benzene rings is 3. The maximum absolute atomic E-state index is 12.7. The summed E-state index contributed by atoms with van der Waals surface area (Å²) in [5, 5.41) is 4.06. The number of nitrogens with zero attached hydrogens (tertiary/aromatic N) is 1. The van der Waals surface area contributed by atoms with Crippen molar-refractivity contribution in [3.05, 3.63) is 84.1 Å². The molecule has 3 aromatic carbocycles. The number of aromatic nitrogens is 1. The molecule has 0 radical (unpaired) electrons. The fraction of sp³-hybridized carbons (Fsp3) is 0.148. The monoisotopic (exact) mass is 423 g/mol. The second-order valence-electron chi connectivity index (χ2n) is 8.26. The van der Waals surface area contributed by atoms with Gasteiger partial charge in [-0.2, -0.15) is 0 Å². The number of hydrogen-bond donors (Lipinski definition) is 2. The van der Waals surface area contributed by atoms with E-state index in [4.69, 9.17) is 4.74 Å². The fourth-order valence-corrected chi connectivity index (χ4v) is 3.95. The SMILES string of the molecule is CN(C)CCOc1ccc2[nH]c(/C=C3\C(=O)Nc4cc(-c5ccccc5)ccc43)cc2c1. The Balaban J connectivity index is 1.42. The summed E-state index contributed by atoms with van der Waals surface area (Å²) in [6, 6.07) is 24.3. The molecule has 0 unspecified atom stereocenters. The highest BCUT2D eigenvalue weighted by Gasteiger charge is 2.24. The van der Waals surface area contributed by atoms with Crippen molar-refractivity contribution < 1.29 is 9.53 Å². The maximum Gasteiger partial charge on any atom is 0.256 e. The van der Waals surface area contributed by atoms with E-state index in [1.807, 2.05) is 74.8 Å². The van der Waals surface area contributed by atoms with Crippen LogP contribution in [0.5, 0.6) is 5.75 Å². The van der Waals surface area contributed by atoms with Gasteiger partial charge in [0.25, 0.3) is 5.91 Å². The zero-order valence-electron chi connectivity index (χ0n) is 18.2. The first-order chi connectivity index (χ1) is 15.6. The largest absolute Gasteiger partial charge is 0.492 e. The molecule has 0 atom stereocenters. The van der Waals surface area contributed by atoms with Crippen LogP contribution in [0.15, 0.2) is 72.8 Å². The van der Waals surface area contributed by atoms with E-state index in [9.17, 15) is 4.79 Å². The molecule has 0 bridgehead atoms. The number of carbonyl (C=O) groups is 1. The van der Waals surface area contributed by atoms with Gasteiger partial charge in [0.15, 0.2) is 0 Å². The molecule has 1 aromatic heterocycles. The average molecular weight is 424 g/mol. The standard InChI is InChI=1S/C27H25N3O2/c1-30(2)12-13-32-22-9-11-25-20(15-22)14-21(28-25)17-24-23-10-8-19(16-26(23)29-27(24)31)18-6-4-3-5-7-18/h3-11,14-17,28H,12-13H2,1-2H3,(H,29,31)/b24-17-. The Kier molecular flexibility index (Phi) is 5.25. The molecule has 0 saturated carbocycles. The Morgan fingerprint density at radius 3 is 2.59 bits per heavy atom. The highest BCUT2D eigenvalue weighted by atomic mass is 16.5. The lowest BCUT2D eigenvalue weighted by molar-refractivity contribution is -0.110. The van der Waals surface area contributed by atoms with Gasteiger partial charge in [0.05, 0.1) is 5.57 Å². The Labute approximate surface area is 187 Å². The molecule has 1 aliphatic heterocycles. The molecule has 5 rings (SSSR count). The normalized spacial score (nSPS) is 14.2. The van der Waals surface area contributed by atoms with E-state index in [0.717, 1.165) is 51.3 Å². The van der Waals surface area contributed by atoms with Gasteiger partial charge in [0, 0.05) is 34.4 Å². The summed E-state index contributed by atoms with van der Waals surface area (Å²) in [5.74, 6) is 0.756. The van der Waals surface area contributed by atoms with Crippen molar-refractivity contribution in [3.8, 4) is 16.9 Å². The van der Waals surface area contributed by atoms with Crippen LogP contribution in [-0.2, 0) is 4.79 Å². The van der Waals surface area contributed by atoms with Crippen molar-refractivity contribution in [2.75, 3.05) is 32.6 Å². The summed E-state index contributed by atoms with van der Waals surface area (Å²) in [6.45, 7) is 1.50. The second kappa shape index (κ2) is 8.36. The minimum absolute atomic E-state index is 0.0865. The number of anilines is 1. The molecule has 1 aliphatic rings. The zero-order chi connectivity index (χ0) is 22.1. The average Bonchev–Trinajstić information content (AvgIpc) is 3.33. The molecule has 5 nitrogen and oxygen atoms in total. The third-order valence-electron chi connectivity index (χ3n) is 5.63. The van der Waals surface area contributed by atoms with E-state index in [-0.39, 0.29) is 5.91 Å². The van der Waals surface area contributed by atoms with Gasteiger partial charge in [0.1, 0.15) is 12.4 Å². The number of carbonyl (C=O) groups excluding carboxylic acids is 1. The summed E-state index contributed by atoms with van der Waals surface area (Å²) in [5.41, 5.74) is 6.52. The summed E-state index contributed by atoms with van der Waals surface area (Å²) in [7, 11) is 4.05. The number of amides is 1. The minimum atomic E-state index is -0.0865. The van der Waals surface area contributed by atoms with Crippen LogP contribution in [-0.4, -0.2) is 43.0 Å². The molecule has 1 amide bonds. The topological polar surface area (TPSA) is 57.4 Å². The highest BCUT2D eigenvalue weighted by molar-refractivity contribution is 6.35. The first kappa shape index (κ1) is 20.1. The van der Waals surface area contributed by atoms with E-state index in [2.05, 4.69) is 33.4 Å². The van der Waals surface area contributed by atoms with Crippen LogP contribution in [0.3, 0.4) is 0 Å². The smallest absolute Gasteiger partial charge is 0.256 e. The van der Waals surface area contributed by atoms with Gasteiger partial charge >= 0.3 is 0 Å². The van der Waals surface area contributed by atoms with Gasteiger partial charge in [-0.15, -0.1) is 0 Å². The third-order valence-corrected chi connectivity index (χ3v) is 5.63. The van der Waals surface area contributed by atoms with Gasteiger partial charge < -0.3 is 19.9 Å². The van der Waals surface area contributed by atoms with E-state index in [1.165, 1.54) is 0 Å². The summed E-state index contributed by atoms with van der Waals surface area (Å²) in [6.07, 6.45) is 1.91. The van der Waals surface area contributed by atoms with Crippen molar-refractivity contribution in [1.82, 2.24) is 9.88 Å². The third kappa shape index (κ3) is 4.03. The molecule has 2 heterocycles. The molecule has 0 fully saturated rings. The maximum atomic E-state index is 12.7. The Morgan fingerprint density at radius 2 is 1.78 bits per heavy atom. The fourth-order valence-electron chi connectivity index (χ4n) is 3.95. The molecule has 4 aromatic rings. The van der Waals surface area contributed by atoms with E-state index < -0.39 is 0 Å². The van der Waals surface area contributed by atoms with Crippen LogP contribution in [0.25, 0.3) is 33.7 Å². The summed E-state index contributed by atoms with van der Waals surface area (Å²) >= 11 is 0. The van der Waals surface area contributed by atoms with E-state index in [1.54, 1.807) is 0 Å². The predicted octanol–water partition coefficient (Wildman–Crippen LogP) is 5.27. The first-order valence-corrected chi connectivity index (χ1v) is 10.7. The molecule has 32 heavy (non-hydrogen) atoms. The number of likely N-dealkylation sites (N-methyl/N-ethyl adjacent to an activating group) is 1. The van der Waals surface area contributed by atoms with Crippen LogP contribution in [0.1, 0.15) is 11.3 Å². The lowest BCUT2D eigenvalue weighted by Gasteiger charge is -2.10. The Bertz CT molecular complexity index is 1320. The number of aromatic amines is 1. The number of nitrogens with one attached hydrogen (secondary N) is 2. The first-order valence-electron chi connectivity index (χ1n) is 10.7. The number of H-pyrrole nitrogens is 1. The molecule has 5 heteroatoms. The zero-order valence-corrected chi connectivity index (χ0v) is 18.2. The van der Waals surface area contributed by atoms with E-state index >= 15 is 0 Å². The van der Waals surface area contributed by atoms with Crippen LogP contribution >= 0.6 is 0 Å². The van der Waals surface area contributed by atoms with Crippen LogP contribution in [0.4, 0.5) is 5.69 Å². The van der Waals surface area contributed by atoms with Crippen molar-refractivity contribution in [2.45, 2.75) is 0 Å². The number of fused-ring (bicyclic) bond motifs is 2. The quantitative estimate of drug-likeness (QED) is 0.416. The lowest BCUT2D eigenvalue weighted by atomic mass is 10.00. The molecular formula is C27H25N3O2. The minimum Gasteiger partial charge on any atom is -0.492 e. The summed E-state index contributed by atoms with van der Waals surface area (Å²) < 4.78 is 5.84. The molecule has 2 N–H and O–H groups in total. The molecule has 0 saturated heterocycles. The Hall–Kier alpha value is -3.83. The molecular weight excluding hydrogens is 398 g/mol. The van der Waals surface area contributed by atoms with Gasteiger partial charge in [-0.05, 0) is 61.6 Å². The highest BCUT2D eigenvalue weighted by Crippen LogP contribution is 2.36. The molecule has 0 spiro atoms. The number of rotatable bonds is 6. The number of ether oxygens (including phenoxy) is 1. The lowest BCUT2D eigenvalue weighted by Crippen LogP contribution is -2.19. The van der Waals surface area contributed by atoms with Crippen LogP contribution in [0, 0.1) is 0 Å². The Morgan fingerprint density at radius 1 is 0.938 bits per heavy atom. The molecule has 0 aliphatic carbocycles. The van der Waals surface area contributed by atoms with Gasteiger partial charge in [-0.25, -0.2) is 0 Å².